The summed E-state index contributed by atoms with van der Waals surface area (Å²) in [5, 5.41) is 6.62. The zero-order valence-electron chi connectivity index (χ0n) is 15.4. The minimum atomic E-state index is -3.70. The van der Waals surface area contributed by atoms with Gasteiger partial charge in [0.05, 0.1) is 24.2 Å². The van der Waals surface area contributed by atoms with Gasteiger partial charge < -0.3 is 4.90 Å². The molecule has 0 aliphatic carbocycles. The number of hydrogen-bond donors (Lipinski definition) is 1. The molecule has 0 saturated carbocycles. The molecule has 0 spiro atoms. The van der Waals surface area contributed by atoms with Gasteiger partial charge in [0, 0.05) is 33.2 Å². The Morgan fingerprint density at radius 3 is 2.35 bits per heavy atom. The number of carbonyl (C=O) groups is 1. The maximum absolute atomic E-state index is 12.9. The summed E-state index contributed by atoms with van der Waals surface area (Å²) in [5.74, 6) is -0.340. The summed E-state index contributed by atoms with van der Waals surface area (Å²) >= 11 is 0. The van der Waals surface area contributed by atoms with Crippen molar-refractivity contribution in [2.24, 2.45) is 0 Å². The molecule has 1 aromatic rings. The van der Waals surface area contributed by atoms with Gasteiger partial charge in [0.25, 0.3) is 0 Å². The van der Waals surface area contributed by atoms with Gasteiger partial charge in [0.2, 0.25) is 26.0 Å². The topological polar surface area (TPSA) is 124 Å². The van der Waals surface area contributed by atoms with Crippen molar-refractivity contribution in [1.82, 2.24) is 23.7 Å². The maximum Gasteiger partial charge on any atom is 0.246 e. The van der Waals surface area contributed by atoms with E-state index in [-0.39, 0.29) is 37.0 Å². The van der Waals surface area contributed by atoms with E-state index in [1.807, 2.05) is 0 Å². The largest absolute Gasteiger partial charge is 0.340 e. The Balaban J connectivity index is 2.10. The summed E-state index contributed by atoms with van der Waals surface area (Å²) in [7, 11) is -5.81. The molecule has 0 radical (unpaired) electrons. The third kappa shape index (κ3) is 4.42. The molecule has 1 aliphatic heterocycles. The quantitative estimate of drug-likeness (QED) is 0.677. The predicted octanol–water partition coefficient (Wildman–Crippen LogP) is -0.859. The first-order valence-electron chi connectivity index (χ1n) is 8.15. The molecule has 1 aromatic heterocycles. The first kappa shape index (κ1) is 20.8. The van der Waals surface area contributed by atoms with Crippen molar-refractivity contribution in [3.63, 3.8) is 0 Å². The molecule has 1 amide bonds. The molecule has 10 nitrogen and oxygen atoms in total. The van der Waals surface area contributed by atoms with E-state index in [2.05, 4.69) is 10.2 Å². The van der Waals surface area contributed by atoms with Crippen LogP contribution in [-0.4, -0.2) is 92.5 Å². The van der Waals surface area contributed by atoms with Crippen molar-refractivity contribution in [2.45, 2.75) is 25.2 Å². The van der Waals surface area contributed by atoms with Crippen molar-refractivity contribution in [3.8, 4) is 0 Å². The van der Waals surface area contributed by atoms with Gasteiger partial charge in [-0.2, -0.15) is 13.7 Å². The van der Waals surface area contributed by atoms with Crippen LogP contribution in [0.25, 0.3) is 0 Å². The molecule has 1 aliphatic rings. The van der Waals surface area contributed by atoms with Gasteiger partial charge in [-0.15, -0.1) is 0 Å². The van der Waals surface area contributed by atoms with Crippen LogP contribution in [-0.2, 0) is 24.8 Å². The Morgan fingerprint density at radius 1 is 1.15 bits per heavy atom. The van der Waals surface area contributed by atoms with E-state index < -0.39 is 20.0 Å². The number of aromatic amines is 1. The molecular formula is C14H25N5O5S2. The molecule has 0 bridgehead atoms. The lowest BCUT2D eigenvalue weighted by atomic mass is 10.4. The molecule has 148 valence electrons. The standard InChI is InChI=1S/C14H25N5O5S2/c1-11-14(12(2)16-15-11)26(23,24)19-7-5-6-18(8-9-19)13(20)10-17(3)25(4,21)22/h5-10H2,1-4H3,(H,15,16). The van der Waals surface area contributed by atoms with Crippen molar-refractivity contribution in [2.75, 3.05) is 46.0 Å². The van der Waals surface area contributed by atoms with Gasteiger partial charge in [-0.05, 0) is 20.3 Å². The highest BCUT2D eigenvalue weighted by atomic mass is 32.2. The van der Waals surface area contributed by atoms with Crippen LogP contribution in [0.15, 0.2) is 4.90 Å². The second-order valence-corrected chi connectivity index (χ2v) is 10.4. The molecule has 1 N–H and O–H groups in total. The molecule has 0 aromatic carbocycles. The highest BCUT2D eigenvalue weighted by Gasteiger charge is 2.32. The molecule has 1 fully saturated rings. The van der Waals surface area contributed by atoms with Gasteiger partial charge in [-0.1, -0.05) is 0 Å². The fourth-order valence-electron chi connectivity index (χ4n) is 2.84. The van der Waals surface area contributed by atoms with E-state index in [4.69, 9.17) is 0 Å². The molecule has 2 heterocycles. The zero-order chi connectivity index (χ0) is 19.7. The van der Waals surface area contributed by atoms with Crippen molar-refractivity contribution < 1.29 is 21.6 Å². The number of sulfonamides is 2. The smallest absolute Gasteiger partial charge is 0.246 e. The molecule has 2 rings (SSSR count). The number of aryl methyl sites for hydroxylation is 2. The van der Waals surface area contributed by atoms with Gasteiger partial charge >= 0.3 is 0 Å². The van der Waals surface area contributed by atoms with Gasteiger partial charge in [-0.25, -0.2) is 16.8 Å². The monoisotopic (exact) mass is 407 g/mol. The molecular weight excluding hydrogens is 382 g/mol. The fourth-order valence-corrected chi connectivity index (χ4v) is 4.99. The van der Waals surface area contributed by atoms with E-state index in [0.717, 1.165) is 10.6 Å². The molecule has 26 heavy (non-hydrogen) atoms. The summed E-state index contributed by atoms with van der Waals surface area (Å²) < 4.78 is 51.0. The van der Waals surface area contributed by atoms with Crippen molar-refractivity contribution in [1.29, 1.82) is 0 Å². The van der Waals surface area contributed by atoms with Crippen LogP contribution >= 0.6 is 0 Å². The van der Waals surface area contributed by atoms with Crippen molar-refractivity contribution >= 4 is 26.0 Å². The lowest BCUT2D eigenvalue weighted by Crippen LogP contribution is -2.42. The Kier molecular flexibility index (Phi) is 6.10. The first-order chi connectivity index (χ1) is 11.9. The second-order valence-electron chi connectivity index (χ2n) is 6.42. The molecule has 0 unspecified atom stereocenters. The summed E-state index contributed by atoms with van der Waals surface area (Å²) in [5.41, 5.74) is 0.893. The van der Waals surface area contributed by atoms with Crippen LogP contribution in [0.4, 0.5) is 0 Å². The highest BCUT2D eigenvalue weighted by molar-refractivity contribution is 7.89. The van der Waals surface area contributed by atoms with Crippen LogP contribution in [0.2, 0.25) is 0 Å². The highest BCUT2D eigenvalue weighted by Crippen LogP contribution is 2.22. The number of aromatic nitrogens is 2. The first-order valence-corrected chi connectivity index (χ1v) is 11.4. The van der Waals surface area contributed by atoms with Gasteiger partial charge in [0.15, 0.2) is 0 Å². The second kappa shape index (κ2) is 7.62. The average Bonchev–Trinajstić information content (AvgIpc) is 2.74. The minimum absolute atomic E-state index is 0.153. The third-order valence-corrected chi connectivity index (χ3v) is 7.81. The maximum atomic E-state index is 12.9. The van der Waals surface area contributed by atoms with E-state index in [0.29, 0.717) is 24.4 Å². The van der Waals surface area contributed by atoms with Crippen LogP contribution in [0, 0.1) is 13.8 Å². The van der Waals surface area contributed by atoms with Crippen LogP contribution < -0.4 is 0 Å². The van der Waals surface area contributed by atoms with E-state index in [9.17, 15) is 21.6 Å². The predicted molar refractivity (Wildman–Crippen MR) is 95.5 cm³/mol. The number of amides is 1. The van der Waals surface area contributed by atoms with E-state index in [1.165, 1.54) is 16.3 Å². The van der Waals surface area contributed by atoms with Crippen LogP contribution in [0.5, 0.6) is 0 Å². The Hall–Kier alpha value is -1.50. The Morgan fingerprint density at radius 2 is 1.81 bits per heavy atom. The molecule has 1 saturated heterocycles. The van der Waals surface area contributed by atoms with Crippen LogP contribution in [0.3, 0.4) is 0 Å². The fraction of sp³-hybridized carbons (Fsp3) is 0.714. The summed E-state index contributed by atoms with van der Waals surface area (Å²) in [6, 6.07) is 0. The number of rotatable bonds is 5. The normalized spacial score (nSPS) is 17.5. The number of H-pyrrole nitrogens is 1. The SMILES string of the molecule is Cc1n[nH]c(C)c1S(=O)(=O)N1CCCN(C(=O)CN(C)S(C)(=O)=O)CC1. The molecule has 0 atom stereocenters. The van der Waals surface area contributed by atoms with Gasteiger partial charge in [-0.3, -0.25) is 9.89 Å². The summed E-state index contributed by atoms with van der Waals surface area (Å²) in [6.07, 6.45) is 1.51. The number of nitrogens with zero attached hydrogens (tertiary/aromatic N) is 4. The number of hydrogen-bond acceptors (Lipinski definition) is 6. The van der Waals surface area contributed by atoms with E-state index >= 15 is 0 Å². The minimum Gasteiger partial charge on any atom is -0.340 e. The Labute approximate surface area is 154 Å². The number of nitrogens with one attached hydrogen (secondary N) is 1. The lowest BCUT2D eigenvalue weighted by molar-refractivity contribution is -0.131. The summed E-state index contributed by atoms with van der Waals surface area (Å²) in [6.45, 7) is 4.06. The van der Waals surface area contributed by atoms with Crippen molar-refractivity contribution in [3.05, 3.63) is 11.4 Å². The lowest BCUT2D eigenvalue weighted by Gasteiger charge is -2.23. The van der Waals surface area contributed by atoms with Gasteiger partial charge in [0.1, 0.15) is 4.90 Å². The van der Waals surface area contributed by atoms with E-state index in [1.54, 1.807) is 13.8 Å². The summed E-state index contributed by atoms with van der Waals surface area (Å²) in [4.78, 5) is 14.0. The molecule has 12 heteroatoms. The third-order valence-electron chi connectivity index (χ3n) is 4.39. The Bertz CT molecular complexity index is 858. The zero-order valence-corrected chi connectivity index (χ0v) is 17.0. The average molecular weight is 408 g/mol. The van der Waals surface area contributed by atoms with Crippen LogP contribution in [0.1, 0.15) is 17.8 Å². The number of carbonyl (C=O) groups excluding carboxylic acids is 1. The number of likely N-dealkylation sites (N-methyl/N-ethyl adjacent to an activating group) is 1.